The molecule has 2 N–H and O–H groups in total. The van der Waals surface area contributed by atoms with Crippen molar-refractivity contribution in [3.8, 4) is 5.75 Å². The van der Waals surface area contributed by atoms with Gasteiger partial charge in [0, 0.05) is 12.2 Å². The van der Waals surface area contributed by atoms with Crippen molar-refractivity contribution >= 4 is 17.5 Å². The van der Waals surface area contributed by atoms with Crippen molar-refractivity contribution in [3.63, 3.8) is 0 Å². The summed E-state index contributed by atoms with van der Waals surface area (Å²) in [6.45, 7) is 5.96. The number of amides is 2. The van der Waals surface area contributed by atoms with E-state index in [0.29, 0.717) is 18.0 Å². The predicted octanol–water partition coefficient (Wildman–Crippen LogP) is 2.97. The van der Waals surface area contributed by atoms with Crippen molar-refractivity contribution in [2.45, 2.75) is 40.0 Å². The van der Waals surface area contributed by atoms with Crippen LogP contribution in [0.5, 0.6) is 5.75 Å². The van der Waals surface area contributed by atoms with Crippen LogP contribution >= 0.6 is 0 Å². The SMILES string of the molecule is CCCCCNC(=O)C(C)(C)C(=O)Nc1ccc(OC)cc1. The molecule has 22 heavy (non-hydrogen) atoms. The lowest BCUT2D eigenvalue weighted by Crippen LogP contribution is -2.45. The van der Waals surface area contributed by atoms with Crippen LogP contribution in [-0.2, 0) is 9.59 Å². The van der Waals surface area contributed by atoms with Crippen LogP contribution in [0.25, 0.3) is 0 Å². The summed E-state index contributed by atoms with van der Waals surface area (Å²) >= 11 is 0. The molecular weight excluding hydrogens is 280 g/mol. The third kappa shape index (κ3) is 5.06. The Kier molecular flexibility index (Phi) is 6.89. The Morgan fingerprint density at radius 1 is 1.09 bits per heavy atom. The highest BCUT2D eigenvalue weighted by Crippen LogP contribution is 2.21. The molecule has 0 bridgehead atoms. The number of ether oxygens (including phenoxy) is 1. The van der Waals surface area contributed by atoms with Gasteiger partial charge in [-0.3, -0.25) is 9.59 Å². The van der Waals surface area contributed by atoms with Gasteiger partial charge in [0.1, 0.15) is 11.2 Å². The number of hydrogen-bond donors (Lipinski definition) is 2. The Balaban J connectivity index is 2.58. The Morgan fingerprint density at radius 3 is 2.27 bits per heavy atom. The minimum atomic E-state index is -1.12. The molecule has 0 unspecified atom stereocenters. The Labute approximate surface area is 132 Å². The number of benzene rings is 1. The van der Waals surface area contributed by atoms with Crippen molar-refractivity contribution in [2.75, 3.05) is 19.0 Å². The molecule has 0 saturated heterocycles. The van der Waals surface area contributed by atoms with Crippen molar-refractivity contribution in [1.82, 2.24) is 5.32 Å². The Bertz CT molecular complexity index is 495. The van der Waals surface area contributed by atoms with E-state index in [9.17, 15) is 9.59 Å². The molecule has 1 rings (SSSR count). The number of unbranched alkanes of at least 4 members (excludes halogenated alkanes) is 2. The summed E-state index contributed by atoms with van der Waals surface area (Å²) in [7, 11) is 1.58. The quantitative estimate of drug-likeness (QED) is 0.573. The summed E-state index contributed by atoms with van der Waals surface area (Å²) in [6.07, 6.45) is 3.09. The first-order chi connectivity index (χ1) is 10.4. The number of nitrogens with one attached hydrogen (secondary N) is 2. The van der Waals surface area contributed by atoms with Gasteiger partial charge in [-0.2, -0.15) is 0 Å². The number of carbonyl (C=O) groups excluding carboxylic acids is 2. The number of hydrogen-bond acceptors (Lipinski definition) is 3. The molecule has 0 fully saturated rings. The Hall–Kier alpha value is -2.04. The van der Waals surface area contributed by atoms with Crippen LogP contribution in [0.1, 0.15) is 40.0 Å². The molecule has 0 aliphatic rings. The zero-order valence-corrected chi connectivity index (χ0v) is 13.9. The van der Waals surface area contributed by atoms with Crippen molar-refractivity contribution in [2.24, 2.45) is 5.41 Å². The van der Waals surface area contributed by atoms with E-state index in [1.165, 1.54) is 0 Å². The largest absolute Gasteiger partial charge is 0.497 e. The summed E-state index contributed by atoms with van der Waals surface area (Å²) in [5.74, 6) is 0.131. The van der Waals surface area contributed by atoms with E-state index < -0.39 is 5.41 Å². The van der Waals surface area contributed by atoms with E-state index in [4.69, 9.17) is 4.74 Å². The lowest BCUT2D eigenvalue weighted by molar-refractivity contribution is -0.138. The second-order valence-corrected chi connectivity index (χ2v) is 5.77. The summed E-state index contributed by atoms with van der Waals surface area (Å²) in [4.78, 5) is 24.5. The van der Waals surface area contributed by atoms with Crippen molar-refractivity contribution in [1.29, 1.82) is 0 Å². The average molecular weight is 306 g/mol. The molecule has 1 aromatic carbocycles. The maximum atomic E-state index is 12.3. The lowest BCUT2D eigenvalue weighted by Gasteiger charge is -2.22. The van der Waals surface area contributed by atoms with Crippen LogP contribution in [0.15, 0.2) is 24.3 Å². The van der Waals surface area contributed by atoms with Gasteiger partial charge < -0.3 is 15.4 Å². The molecule has 5 heteroatoms. The molecule has 0 aliphatic carbocycles. The molecule has 0 saturated carbocycles. The van der Waals surface area contributed by atoms with Crippen LogP contribution in [0, 0.1) is 5.41 Å². The molecule has 0 spiro atoms. The zero-order chi connectivity index (χ0) is 16.6. The smallest absolute Gasteiger partial charge is 0.239 e. The highest BCUT2D eigenvalue weighted by Gasteiger charge is 2.35. The molecule has 0 atom stereocenters. The maximum absolute atomic E-state index is 12.3. The number of carbonyl (C=O) groups is 2. The van der Waals surface area contributed by atoms with E-state index in [1.54, 1.807) is 45.2 Å². The molecule has 122 valence electrons. The minimum Gasteiger partial charge on any atom is -0.497 e. The predicted molar refractivity (Wildman–Crippen MR) is 87.9 cm³/mol. The van der Waals surface area contributed by atoms with Gasteiger partial charge in [-0.1, -0.05) is 19.8 Å². The summed E-state index contributed by atoms with van der Waals surface area (Å²) in [5.41, 5.74) is -0.482. The van der Waals surface area contributed by atoms with E-state index in [2.05, 4.69) is 17.6 Å². The molecule has 0 aliphatic heterocycles. The number of methoxy groups -OCH3 is 1. The lowest BCUT2D eigenvalue weighted by atomic mass is 9.91. The third-order valence-corrected chi connectivity index (χ3v) is 3.55. The summed E-state index contributed by atoms with van der Waals surface area (Å²) in [6, 6.07) is 7.00. The fraction of sp³-hybridized carbons (Fsp3) is 0.529. The molecule has 5 nitrogen and oxygen atoms in total. The maximum Gasteiger partial charge on any atom is 0.239 e. The normalized spacial score (nSPS) is 10.9. The molecule has 2 amide bonds. The Morgan fingerprint density at radius 2 is 1.73 bits per heavy atom. The highest BCUT2D eigenvalue weighted by atomic mass is 16.5. The standard InChI is InChI=1S/C17H26N2O3/c1-5-6-7-12-18-15(20)17(2,3)16(21)19-13-8-10-14(22-4)11-9-13/h8-11H,5-7,12H2,1-4H3,(H,18,20)(H,19,21). The van der Waals surface area contributed by atoms with Crippen LogP contribution in [-0.4, -0.2) is 25.5 Å². The van der Waals surface area contributed by atoms with Gasteiger partial charge in [-0.25, -0.2) is 0 Å². The van der Waals surface area contributed by atoms with Crippen LogP contribution < -0.4 is 15.4 Å². The van der Waals surface area contributed by atoms with E-state index in [-0.39, 0.29) is 11.8 Å². The molecular formula is C17H26N2O3. The van der Waals surface area contributed by atoms with E-state index in [0.717, 1.165) is 19.3 Å². The van der Waals surface area contributed by atoms with Gasteiger partial charge in [-0.05, 0) is 44.5 Å². The summed E-state index contributed by atoms with van der Waals surface area (Å²) < 4.78 is 5.07. The van der Waals surface area contributed by atoms with E-state index in [1.807, 2.05) is 0 Å². The van der Waals surface area contributed by atoms with Gasteiger partial charge in [0.15, 0.2) is 0 Å². The highest BCUT2D eigenvalue weighted by molar-refractivity contribution is 6.09. The third-order valence-electron chi connectivity index (χ3n) is 3.55. The van der Waals surface area contributed by atoms with Crippen molar-refractivity contribution in [3.05, 3.63) is 24.3 Å². The van der Waals surface area contributed by atoms with Gasteiger partial charge in [0.05, 0.1) is 7.11 Å². The minimum absolute atomic E-state index is 0.255. The second-order valence-electron chi connectivity index (χ2n) is 5.77. The van der Waals surface area contributed by atoms with Crippen LogP contribution in [0.4, 0.5) is 5.69 Å². The van der Waals surface area contributed by atoms with Crippen molar-refractivity contribution < 1.29 is 14.3 Å². The average Bonchev–Trinajstić information content (AvgIpc) is 2.51. The second kappa shape index (κ2) is 8.41. The zero-order valence-electron chi connectivity index (χ0n) is 13.9. The topological polar surface area (TPSA) is 67.4 Å². The summed E-state index contributed by atoms with van der Waals surface area (Å²) in [5, 5.41) is 5.58. The number of anilines is 1. The van der Waals surface area contributed by atoms with Gasteiger partial charge in [0.2, 0.25) is 11.8 Å². The fourth-order valence-electron chi connectivity index (χ4n) is 1.86. The number of rotatable bonds is 8. The first-order valence-electron chi connectivity index (χ1n) is 7.65. The van der Waals surface area contributed by atoms with E-state index >= 15 is 0 Å². The molecule has 0 heterocycles. The van der Waals surface area contributed by atoms with Gasteiger partial charge >= 0.3 is 0 Å². The van der Waals surface area contributed by atoms with Gasteiger partial charge in [0.25, 0.3) is 0 Å². The monoisotopic (exact) mass is 306 g/mol. The molecule has 0 aromatic heterocycles. The first kappa shape index (κ1) is 18.0. The van der Waals surface area contributed by atoms with Crippen LogP contribution in [0.2, 0.25) is 0 Å². The van der Waals surface area contributed by atoms with Crippen LogP contribution in [0.3, 0.4) is 0 Å². The first-order valence-corrected chi connectivity index (χ1v) is 7.65. The van der Waals surface area contributed by atoms with Gasteiger partial charge in [-0.15, -0.1) is 0 Å². The molecule has 1 aromatic rings. The molecule has 0 radical (unpaired) electrons. The fourth-order valence-corrected chi connectivity index (χ4v) is 1.86.